The number of methoxy groups -OCH3 is 1. The molecule has 1 heteroatoms. The second kappa shape index (κ2) is 4.57. The van der Waals surface area contributed by atoms with Gasteiger partial charge in [0.05, 0.1) is 6.10 Å². The minimum absolute atomic E-state index is 0.287. The van der Waals surface area contributed by atoms with Crippen LogP contribution in [0.5, 0.6) is 0 Å². The normalized spacial score (nSPS) is 15.2. The van der Waals surface area contributed by atoms with Gasteiger partial charge >= 0.3 is 0 Å². The molecule has 9 heavy (non-hydrogen) atoms. The van der Waals surface area contributed by atoms with E-state index < -0.39 is 0 Å². The van der Waals surface area contributed by atoms with Crippen molar-refractivity contribution in [2.24, 2.45) is 5.92 Å². The molecule has 0 N–H and O–H groups in total. The summed E-state index contributed by atoms with van der Waals surface area (Å²) in [5.74, 6) is 0.575. The minimum atomic E-state index is 0.287. The maximum atomic E-state index is 5.17. The highest BCUT2D eigenvalue weighted by molar-refractivity contribution is 4.88. The molecule has 0 saturated heterocycles. The first-order valence-electron chi connectivity index (χ1n) is 3.38. The van der Waals surface area contributed by atoms with Crippen LogP contribution in [0.3, 0.4) is 0 Å². The fourth-order valence-electron chi connectivity index (χ4n) is 0.763. The smallest absolute Gasteiger partial charge is 0.0774 e. The summed E-state index contributed by atoms with van der Waals surface area (Å²) < 4.78 is 5.17. The summed E-state index contributed by atoms with van der Waals surface area (Å²) in [7, 11) is 1.74. The van der Waals surface area contributed by atoms with Gasteiger partial charge in [-0.3, -0.25) is 0 Å². The van der Waals surface area contributed by atoms with Crippen molar-refractivity contribution in [3.05, 3.63) is 12.2 Å². The van der Waals surface area contributed by atoms with Gasteiger partial charge in [0, 0.05) is 7.11 Å². The van der Waals surface area contributed by atoms with E-state index in [-0.39, 0.29) is 6.10 Å². The second-order valence-electron chi connectivity index (χ2n) is 2.47. The van der Waals surface area contributed by atoms with Crippen LogP contribution in [-0.4, -0.2) is 13.2 Å². The summed E-state index contributed by atoms with van der Waals surface area (Å²) >= 11 is 0. The van der Waals surface area contributed by atoms with Gasteiger partial charge in [0.2, 0.25) is 0 Å². The molecule has 0 spiro atoms. The van der Waals surface area contributed by atoms with E-state index in [1.54, 1.807) is 7.11 Å². The molecule has 1 nitrogen and oxygen atoms in total. The third-order valence-electron chi connectivity index (χ3n) is 1.31. The van der Waals surface area contributed by atoms with Crippen LogP contribution in [0.15, 0.2) is 12.2 Å². The van der Waals surface area contributed by atoms with E-state index in [1.165, 1.54) is 0 Å². The molecule has 1 unspecified atom stereocenters. The predicted molar refractivity (Wildman–Crippen MR) is 40.4 cm³/mol. The topological polar surface area (TPSA) is 9.23 Å². The third kappa shape index (κ3) is 3.31. The molecule has 0 aromatic carbocycles. The second-order valence-corrected chi connectivity index (χ2v) is 2.47. The molecular weight excluding hydrogens is 112 g/mol. The Morgan fingerprint density at radius 2 is 1.89 bits per heavy atom. The zero-order chi connectivity index (χ0) is 7.28. The van der Waals surface area contributed by atoms with E-state index in [9.17, 15) is 0 Å². The molecule has 0 aromatic heterocycles. The quantitative estimate of drug-likeness (QED) is 0.530. The van der Waals surface area contributed by atoms with Crippen LogP contribution < -0.4 is 0 Å². The zero-order valence-electron chi connectivity index (χ0n) is 6.72. The van der Waals surface area contributed by atoms with Gasteiger partial charge in [0.15, 0.2) is 0 Å². The highest BCUT2D eigenvalue weighted by Gasteiger charge is 2.05. The molecule has 0 heterocycles. The number of ether oxygens (including phenoxy) is 1. The molecule has 0 rings (SSSR count). The van der Waals surface area contributed by atoms with Gasteiger partial charge in [0.1, 0.15) is 0 Å². The molecule has 0 fully saturated rings. The van der Waals surface area contributed by atoms with E-state index in [4.69, 9.17) is 4.74 Å². The van der Waals surface area contributed by atoms with Crippen molar-refractivity contribution in [2.45, 2.75) is 26.9 Å². The molecule has 0 aliphatic heterocycles. The van der Waals surface area contributed by atoms with Gasteiger partial charge in [-0.25, -0.2) is 0 Å². The molecule has 0 saturated carbocycles. The summed E-state index contributed by atoms with van der Waals surface area (Å²) in [5.41, 5.74) is 0. The first-order chi connectivity index (χ1) is 4.22. The Kier molecular flexibility index (Phi) is 4.41. The SMILES string of the molecule is C/C=C/C(OC)C(C)C. The number of allylic oxidation sites excluding steroid dienone is 1. The molecule has 1 atom stereocenters. The summed E-state index contributed by atoms with van der Waals surface area (Å²) in [6.07, 6.45) is 4.38. The molecule has 0 aromatic rings. The monoisotopic (exact) mass is 128 g/mol. The Bertz CT molecular complexity index is 84.6. The van der Waals surface area contributed by atoms with Crippen LogP contribution in [0.25, 0.3) is 0 Å². The van der Waals surface area contributed by atoms with Crippen LogP contribution in [-0.2, 0) is 4.74 Å². The van der Waals surface area contributed by atoms with Crippen molar-refractivity contribution in [3.8, 4) is 0 Å². The molecular formula is C8H16O. The van der Waals surface area contributed by atoms with E-state index in [0.29, 0.717) is 5.92 Å². The van der Waals surface area contributed by atoms with Gasteiger partial charge in [-0.1, -0.05) is 26.0 Å². The lowest BCUT2D eigenvalue weighted by atomic mass is 10.1. The van der Waals surface area contributed by atoms with Gasteiger partial charge in [-0.05, 0) is 12.8 Å². The van der Waals surface area contributed by atoms with Crippen molar-refractivity contribution in [1.29, 1.82) is 0 Å². The Morgan fingerprint density at radius 1 is 1.33 bits per heavy atom. The van der Waals surface area contributed by atoms with Crippen LogP contribution in [0.1, 0.15) is 20.8 Å². The van der Waals surface area contributed by atoms with Gasteiger partial charge < -0.3 is 4.74 Å². The van der Waals surface area contributed by atoms with E-state index in [0.717, 1.165) is 0 Å². The Morgan fingerprint density at radius 3 is 2.00 bits per heavy atom. The van der Waals surface area contributed by atoms with Crippen LogP contribution >= 0.6 is 0 Å². The zero-order valence-corrected chi connectivity index (χ0v) is 6.72. The summed E-state index contributed by atoms with van der Waals surface area (Å²) in [5, 5.41) is 0. The predicted octanol–water partition coefficient (Wildman–Crippen LogP) is 2.23. The largest absolute Gasteiger partial charge is 0.377 e. The van der Waals surface area contributed by atoms with Gasteiger partial charge in [0.25, 0.3) is 0 Å². The summed E-state index contributed by atoms with van der Waals surface area (Å²) in [6, 6.07) is 0. The number of hydrogen-bond acceptors (Lipinski definition) is 1. The highest BCUT2D eigenvalue weighted by atomic mass is 16.5. The highest BCUT2D eigenvalue weighted by Crippen LogP contribution is 2.05. The average molecular weight is 128 g/mol. The number of rotatable bonds is 3. The first-order valence-corrected chi connectivity index (χ1v) is 3.38. The fraction of sp³-hybridized carbons (Fsp3) is 0.750. The Labute approximate surface area is 57.7 Å². The van der Waals surface area contributed by atoms with E-state index in [2.05, 4.69) is 19.9 Å². The van der Waals surface area contributed by atoms with Gasteiger partial charge in [-0.2, -0.15) is 0 Å². The van der Waals surface area contributed by atoms with Crippen LogP contribution in [0, 0.1) is 5.92 Å². The maximum absolute atomic E-state index is 5.17. The minimum Gasteiger partial charge on any atom is -0.377 e. The molecule has 0 aliphatic carbocycles. The van der Waals surface area contributed by atoms with Gasteiger partial charge in [-0.15, -0.1) is 0 Å². The Balaban J connectivity index is 3.68. The van der Waals surface area contributed by atoms with Crippen LogP contribution in [0.4, 0.5) is 0 Å². The standard InChI is InChI=1S/C8H16O/c1-5-6-8(9-4)7(2)3/h5-8H,1-4H3/b6-5+. The molecule has 0 bridgehead atoms. The van der Waals surface area contributed by atoms with E-state index in [1.807, 2.05) is 13.0 Å². The first kappa shape index (κ1) is 8.70. The van der Waals surface area contributed by atoms with Crippen molar-refractivity contribution in [2.75, 3.05) is 7.11 Å². The van der Waals surface area contributed by atoms with Crippen molar-refractivity contribution in [1.82, 2.24) is 0 Å². The third-order valence-corrected chi connectivity index (χ3v) is 1.31. The molecule has 0 radical (unpaired) electrons. The summed E-state index contributed by atoms with van der Waals surface area (Å²) in [6.45, 7) is 6.30. The average Bonchev–Trinajstić information content (AvgIpc) is 1.82. The van der Waals surface area contributed by atoms with Crippen LogP contribution in [0.2, 0.25) is 0 Å². The number of hydrogen-bond donors (Lipinski definition) is 0. The summed E-state index contributed by atoms with van der Waals surface area (Å²) in [4.78, 5) is 0. The van der Waals surface area contributed by atoms with Crippen molar-refractivity contribution >= 4 is 0 Å². The lowest BCUT2D eigenvalue weighted by molar-refractivity contribution is 0.103. The van der Waals surface area contributed by atoms with Crippen molar-refractivity contribution in [3.63, 3.8) is 0 Å². The molecule has 0 amide bonds. The molecule has 54 valence electrons. The maximum Gasteiger partial charge on any atom is 0.0774 e. The Hall–Kier alpha value is -0.300. The fourth-order valence-corrected chi connectivity index (χ4v) is 0.763. The lowest BCUT2D eigenvalue weighted by Gasteiger charge is -2.13. The molecule has 0 aliphatic rings. The van der Waals surface area contributed by atoms with Crippen molar-refractivity contribution < 1.29 is 4.74 Å². The van der Waals surface area contributed by atoms with E-state index >= 15 is 0 Å². The lowest BCUT2D eigenvalue weighted by Crippen LogP contribution is -2.14.